The molecule has 1 aromatic carbocycles. The molecule has 0 spiro atoms. The molecule has 6 heteroatoms. The van der Waals surface area contributed by atoms with Crippen LogP contribution in [-0.2, 0) is 11.2 Å². The van der Waals surface area contributed by atoms with Gasteiger partial charge in [0.25, 0.3) is 0 Å². The topological polar surface area (TPSA) is 110 Å². The molecule has 1 aromatic rings. The minimum Gasteiger partial charge on any atom is -0.394 e. The fraction of sp³-hybridized carbons (Fsp3) is 0.538. The lowest BCUT2D eigenvalue weighted by molar-refractivity contribution is -0.321. The van der Waals surface area contributed by atoms with E-state index >= 15 is 0 Å². The van der Waals surface area contributed by atoms with Gasteiger partial charge >= 0.3 is 0 Å². The molecule has 106 valence electrons. The van der Waals surface area contributed by atoms with Crippen molar-refractivity contribution in [2.75, 3.05) is 6.61 Å². The molecule has 0 unspecified atom stereocenters. The number of hydrogen-bond acceptors (Lipinski definition) is 6. The fourth-order valence-corrected chi connectivity index (χ4v) is 2.35. The van der Waals surface area contributed by atoms with Crippen LogP contribution in [0.1, 0.15) is 5.56 Å². The van der Waals surface area contributed by atoms with E-state index in [1.807, 2.05) is 0 Å². The molecular formula is C13H18O6. The van der Waals surface area contributed by atoms with Crippen LogP contribution in [0.4, 0.5) is 0 Å². The molecule has 0 aliphatic carbocycles. The second-order valence-electron chi connectivity index (χ2n) is 4.79. The van der Waals surface area contributed by atoms with Crippen molar-refractivity contribution in [3.8, 4) is 0 Å². The molecule has 1 aliphatic rings. The van der Waals surface area contributed by atoms with Crippen LogP contribution in [0.25, 0.3) is 0 Å². The van der Waals surface area contributed by atoms with Gasteiger partial charge in [-0.3, -0.25) is 0 Å². The molecule has 0 saturated carbocycles. The zero-order chi connectivity index (χ0) is 14.0. The normalized spacial score (nSPS) is 39.2. The molecule has 1 fully saturated rings. The summed E-state index contributed by atoms with van der Waals surface area (Å²) in [4.78, 5) is 0. The fourth-order valence-electron chi connectivity index (χ4n) is 2.35. The summed E-state index contributed by atoms with van der Waals surface area (Å²) in [6, 6.07) is 8.78. The Balaban J connectivity index is 2.26. The lowest BCUT2D eigenvalue weighted by Crippen LogP contribution is -2.68. The number of hydrogen-bond donors (Lipinski definition) is 5. The highest BCUT2D eigenvalue weighted by atomic mass is 16.6. The van der Waals surface area contributed by atoms with E-state index in [4.69, 9.17) is 9.84 Å². The van der Waals surface area contributed by atoms with Gasteiger partial charge in [0.2, 0.25) is 0 Å². The van der Waals surface area contributed by atoms with E-state index < -0.39 is 36.8 Å². The summed E-state index contributed by atoms with van der Waals surface area (Å²) in [6.45, 7) is -0.567. The lowest BCUT2D eigenvalue weighted by Gasteiger charge is -2.46. The Morgan fingerprint density at radius 1 is 1.05 bits per heavy atom. The molecule has 1 heterocycles. The van der Waals surface area contributed by atoms with E-state index in [2.05, 4.69) is 0 Å². The second kappa shape index (κ2) is 5.54. The monoisotopic (exact) mass is 270 g/mol. The van der Waals surface area contributed by atoms with Gasteiger partial charge in [0.1, 0.15) is 23.9 Å². The van der Waals surface area contributed by atoms with E-state index in [0.717, 1.165) is 0 Å². The molecule has 5 atom stereocenters. The highest BCUT2D eigenvalue weighted by molar-refractivity contribution is 5.19. The van der Waals surface area contributed by atoms with Gasteiger partial charge in [-0.1, -0.05) is 30.3 Å². The Hall–Kier alpha value is -1.02. The third-order valence-corrected chi connectivity index (χ3v) is 3.47. The summed E-state index contributed by atoms with van der Waals surface area (Å²) >= 11 is 0. The van der Waals surface area contributed by atoms with Crippen LogP contribution in [0.5, 0.6) is 0 Å². The Labute approximate surface area is 110 Å². The van der Waals surface area contributed by atoms with Crippen molar-refractivity contribution < 1.29 is 30.3 Å². The third-order valence-electron chi connectivity index (χ3n) is 3.47. The van der Waals surface area contributed by atoms with Gasteiger partial charge in [0, 0.05) is 6.42 Å². The molecule has 0 bridgehead atoms. The average molecular weight is 270 g/mol. The summed E-state index contributed by atoms with van der Waals surface area (Å²) in [5.74, 6) is 0. The Morgan fingerprint density at radius 2 is 1.68 bits per heavy atom. The molecule has 0 radical (unpaired) electrons. The third kappa shape index (κ3) is 2.64. The van der Waals surface area contributed by atoms with Gasteiger partial charge in [-0.25, -0.2) is 0 Å². The molecule has 6 nitrogen and oxygen atoms in total. The predicted octanol–water partition coefficient (Wildman–Crippen LogP) is -1.61. The van der Waals surface area contributed by atoms with E-state index in [-0.39, 0.29) is 6.42 Å². The van der Waals surface area contributed by atoms with Gasteiger partial charge in [-0.15, -0.1) is 0 Å². The first kappa shape index (κ1) is 14.4. The van der Waals surface area contributed by atoms with Crippen LogP contribution in [-0.4, -0.2) is 62.3 Å². The smallest absolute Gasteiger partial charge is 0.184 e. The lowest BCUT2D eigenvalue weighted by atomic mass is 9.79. The molecule has 2 rings (SSSR count). The molecule has 1 saturated heterocycles. The first-order chi connectivity index (χ1) is 8.99. The first-order valence-electron chi connectivity index (χ1n) is 6.06. The van der Waals surface area contributed by atoms with Crippen molar-refractivity contribution in [1.82, 2.24) is 0 Å². The van der Waals surface area contributed by atoms with Gasteiger partial charge in [-0.2, -0.15) is 0 Å². The zero-order valence-electron chi connectivity index (χ0n) is 10.3. The van der Waals surface area contributed by atoms with Crippen molar-refractivity contribution in [2.24, 2.45) is 0 Å². The van der Waals surface area contributed by atoms with Crippen molar-refractivity contribution in [2.45, 2.75) is 36.6 Å². The van der Waals surface area contributed by atoms with Crippen LogP contribution in [0.15, 0.2) is 30.3 Å². The van der Waals surface area contributed by atoms with Crippen LogP contribution in [0.3, 0.4) is 0 Å². The Bertz CT molecular complexity index is 411. The number of ether oxygens (including phenoxy) is 1. The number of aliphatic hydroxyl groups excluding tert-OH is 4. The second-order valence-corrected chi connectivity index (χ2v) is 4.79. The maximum absolute atomic E-state index is 10.5. The Kier molecular flexibility index (Phi) is 4.19. The van der Waals surface area contributed by atoms with Crippen molar-refractivity contribution in [3.63, 3.8) is 0 Å². The Morgan fingerprint density at radius 3 is 2.26 bits per heavy atom. The number of benzene rings is 1. The van der Waals surface area contributed by atoms with E-state index in [1.165, 1.54) is 0 Å². The standard InChI is InChI=1S/C13H18O6/c14-7-9-10(15)13(18,11(16)12(17)19-9)6-8-4-2-1-3-5-8/h1-5,9-12,14-18H,6-7H2/t9-,10-,11+,12-,13+/m1/s1. The van der Waals surface area contributed by atoms with Crippen molar-refractivity contribution in [1.29, 1.82) is 0 Å². The molecule has 0 aromatic heterocycles. The first-order valence-corrected chi connectivity index (χ1v) is 6.06. The van der Waals surface area contributed by atoms with Crippen LogP contribution in [0, 0.1) is 0 Å². The summed E-state index contributed by atoms with van der Waals surface area (Å²) in [5, 5.41) is 49.0. The van der Waals surface area contributed by atoms with E-state index in [1.54, 1.807) is 30.3 Å². The summed E-state index contributed by atoms with van der Waals surface area (Å²) in [7, 11) is 0. The molecule has 5 N–H and O–H groups in total. The van der Waals surface area contributed by atoms with Gasteiger partial charge in [0.15, 0.2) is 6.29 Å². The van der Waals surface area contributed by atoms with Crippen molar-refractivity contribution >= 4 is 0 Å². The molecule has 1 aliphatic heterocycles. The summed E-state index contributed by atoms with van der Waals surface area (Å²) in [5.41, 5.74) is -1.29. The van der Waals surface area contributed by atoms with Crippen LogP contribution >= 0.6 is 0 Å². The van der Waals surface area contributed by atoms with Crippen LogP contribution in [0.2, 0.25) is 0 Å². The van der Waals surface area contributed by atoms with Gasteiger partial charge in [-0.05, 0) is 5.56 Å². The minimum absolute atomic E-state index is 0.0624. The highest BCUT2D eigenvalue weighted by Crippen LogP contribution is 2.32. The number of rotatable bonds is 3. The maximum atomic E-state index is 10.5. The largest absolute Gasteiger partial charge is 0.394 e. The average Bonchev–Trinajstić information content (AvgIpc) is 2.42. The SMILES string of the molecule is OC[C@H]1O[C@@H](O)[C@H](O)[C@](O)(Cc2ccccc2)[C@@H]1O. The van der Waals surface area contributed by atoms with E-state index in [0.29, 0.717) is 5.56 Å². The summed E-state index contributed by atoms with van der Waals surface area (Å²) in [6.07, 6.45) is -6.03. The van der Waals surface area contributed by atoms with E-state index in [9.17, 15) is 20.4 Å². The van der Waals surface area contributed by atoms with Crippen molar-refractivity contribution in [3.05, 3.63) is 35.9 Å². The quantitative estimate of drug-likeness (QED) is 0.452. The summed E-state index contributed by atoms with van der Waals surface area (Å²) < 4.78 is 4.84. The zero-order valence-corrected chi connectivity index (χ0v) is 10.3. The maximum Gasteiger partial charge on any atom is 0.184 e. The number of aliphatic hydroxyl groups is 5. The molecule has 0 amide bonds. The molecule has 19 heavy (non-hydrogen) atoms. The van der Waals surface area contributed by atoms with Gasteiger partial charge < -0.3 is 30.3 Å². The minimum atomic E-state index is -1.98. The highest BCUT2D eigenvalue weighted by Gasteiger charge is 2.54. The predicted molar refractivity (Wildman–Crippen MR) is 65.1 cm³/mol. The van der Waals surface area contributed by atoms with Crippen LogP contribution < -0.4 is 0 Å². The molecular weight excluding hydrogens is 252 g/mol. The van der Waals surface area contributed by atoms with Gasteiger partial charge in [0.05, 0.1) is 6.61 Å².